The number of quaternary nitrogens is 1. The van der Waals surface area contributed by atoms with Crippen molar-refractivity contribution in [3.8, 4) is 0 Å². The number of hydrogen-bond acceptors (Lipinski definition) is 6. The van der Waals surface area contributed by atoms with Gasteiger partial charge >= 0.3 is 5.97 Å². The van der Waals surface area contributed by atoms with Crippen molar-refractivity contribution in [2.75, 3.05) is 31.5 Å². The summed E-state index contributed by atoms with van der Waals surface area (Å²) >= 11 is 1.68. The summed E-state index contributed by atoms with van der Waals surface area (Å²) in [6, 6.07) is 4.16. The van der Waals surface area contributed by atoms with Crippen LogP contribution < -0.4 is 5.32 Å². The Morgan fingerprint density at radius 3 is 2.56 bits per heavy atom. The molecule has 5 heterocycles. The molecule has 3 aliphatic heterocycles. The summed E-state index contributed by atoms with van der Waals surface area (Å²) in [6.07, 6.45) is 11.4. The molecule has 1 N–H and O–H groups in total. The van der Waals surface area contributed by atoms with Crippen LogP contribution in [0.5, 0.6) is 0 Å². The number of carbonyl (C=O) groups excluding carboxylic acids is 2. The topological polar surface area (TPSA) is 81.2 Å². The van der Waals surface area contributed by atoms with Crippen LogP contribution in [-0.4, -0.2) is 58.6 Å². The summed E-state index contributed by atoms with van der Waals surface area (Å²) < 4.78 is 7.07. The number of anilines is 1. The first-order valence-electron chi connectivity index (χ1n) is 12.7. The Kier molecular flexibility index (Phi) is 6.71. The number of nitrogens with zero attached hydrogens (tertiary/aromatic N) is 3. The monoisotopic (exact) mass is 483 g/mol. The lowest BCUT2D eigenvalue weighted by molar-refractivity contribution is -0.939. The molecule has 4 aliphatic rings. The number of nitrogens with one attached hydrogen (secondary N) is 1. The maximum atomic E-state index is 13.8. The van der Waals surface area contributed by atoms with E-state index in [1.165, 1.54) is 12.8 Å². The third-order valence-electron chi connectivity index (χ3n) is 8.17. The van der Waals surface area contributed by atoms with Gasteiger partial charge in [0, 0.05) is 23.6 Å². The van der Waals surface area contributed by atoms with Crippen LogP contribution in [0.25, 0.3) is 0 Å². The molecule has 1 aliphatic carbocycles. The fourth-order valence-corrected chi connectivity index (χ4v) is 7.18. The highest BCUT2D eigenvalue weighted by Gasteiger charge is 2.51. The Hall–Kier alpha value is -2.32. The number of ether oxygens (including phenoxy) is 1. The summed E-state index contributed by atoms with van der Waals surface area (Å²) in [4.78, 5) is 36.3. The van der Waals surface area contributed by atoms with E-state index in [4.69, 9.17) is 4.74 Å². The van der Waals surface area contributed by atoms with Crippen LogP contribution in [0, 0.1) is 12.8 Å². The quantitative estimate of drug-likeness (QED) is 0.378. The molecule has 0 aromatic carbocycles. The number of aryl methyl sites for hydroxylation is 1. The first-order chi connectivity index (χ1) is 16.5. The highest BCUT2D eigenvalue weighted by molar-refractivity contribution is 7.10. The second-order valence-corrected chi connectivity index (χ2v) is 11.4. The summed E-state index contributed by atoms with van der Waals surface area (Å²) in [5, 5.41) is 4.97. The number of piperidine rings is 3. The van der Waals surface area contributed by atoms with Gasteiger partial charge in [-0.3, -0.25) is 14.6 Å². The number of rotatable bonds is 6. The van der Waals surface area contributed by atoms with Gasteiger partial charge in [0.05, 0.1) is 31.2 Å². The second-order valence-electron chi connectivity index (χ2n) is 10.5. The lowest BCUT2D eigenvalue weighted by atomic mass is 9.78. The molecule has 1 atom stereocenters. The van der Waals surface area contributed by atoms with Crippen molar-refractivity contribution in [3.63, 3.8) is 0 Å². The van der Waals surface area contributed by atoms with Gasteiger partial charge in [-0.2, -0.15) is 0 Å². The van der Waals surface area contributed by atoms with E-state index in [2.05, 4.69) is 26.7 Å². The molecule has 1 unspecified atom stereocenters. The van der Waals surface area contributed by atoms with Gasteiger partial charge in [0.15, 0.2) is 18.5 Å². The van der Waals surface area contributed by atoms with Crippen molar-refractivity contribution >= 4 is 29.0 Å². The first kappa shape index (κ1) is 23.4. The van der Waals surface area contributed by atoms with Gasteiger partial charge in [0.1, 0.15) is 12.0 Å². The minimum absolute atomic E-state index is 0.0341. The van der Waals surface area contributed by atoms with Crippen LogP contribution in [0.1, 0.15) is 61.9 Å². The van der Waals surface area contributed by atoms with E-state index in [1.807, 2.05) is 13.0 Å². The molecule has 4 fully saturated rings. The molecule has 8 heteroatoms. The molecule has 2 aromatic rings. The zero-order chi connectivity index (χ0) is 23.6. The number of amides is 1. The predicted molar refractivity (Wildman–Crippen MR) is 131 cm³/mol. The number of thiophene rings is 1. The number of hydrogen-bond donors (Lipinski definition) is 1. The Morgan fingerprint density at radius 2 is 1.91 bits per heavy atom. The van der Waals surface area contributed by atoms with Gasteiger partial charge < -0.3 is 14.5 Å². The summed E-state index contributed by atoms with van der Waals surface area (Å²) in [5.41, 5.74) is 0.319. The van der Waals surface area contributed by atoms with Crippen molar-refractivity contribution in [3.05, 3.63) is 40.5 Å². The van der Waals surface area contributed by atoms with Crippen molar-refractivity contribution in [2.24, 2.45) is 5.92 Å². The van der Waals surface area contributed by atoms with Gasteiger partial charge in [0.25, 0.3) is 5.91 Å². The molecule has 0 radical (unpaired) electrons. The number of aromatic nitrogens is 2. The van der Waals surface area contributed by atoms with E-state index in [1.54, 1.807) is 23.7 Å². The fourth-order valence-electron chi connectivity index (χ4n) is 6.21. The SMILES string of the molecule is Cc1cnc(NC(=O)C[N+]23CCC(CC2)C(OC(=O)C2(c4cccs4)CCCCCC2)C3)cn1. The molecule has 7 nitrogen and oxygen atoms in total. The lowest BCUT2D eigenvalue weighted by Crippen LogP contribution is -2.66. The van der Waals surface area contributed by atoms with Gasteiger partial charge in [-0.25, -0.2) is 4.98 Å². The number of fused-ring (bicyclic) bond motifs is 3. The minimum atomic E-state index is -0.497. The average Bonchev–Trinajstić information content (AvgIpc) is 3.26. The van der Waals surface area contributed by atoms with Gasteiger partial charge in [-0.05, 0) is 31.2 Å². The zero-order valence-electron chi connectivity index (χ0n) is 20.0. The molecule has 1 saturated carbocycles. The Morgan fingerprint density at radius 1 is 1.15 bits per heavy atom. The molecule has 0 spiro atoms. The number of esters is 1. The predicted octanol–water partition coefficient (Wildman–Crippen LogP) is 4.23. The maximum absolute atomic E-state index is 13.8. The van der Waals surface area contributed by atoms with Crippen LogP contribution in [0.15, 0.2) is 29.9 Å². The van der Waals surface area contributed by atoms with E-state index >= 15 is 0 Å². The molecular formula is C26H35N4O3S+. The fraction of sp³-hybridized carbons (Fsp3) is 0.615. The van der Waals surface area contributed by atoms with Crippen LogP contribution in [-0.2, 0) is 19.7 Å². The van der Waals surface area contributed by atoms with E-state index in [9.17, 15) is 9.59 Å². The Labute approximate surface area is 205 Å². The molecule has 1 amide bonds. The van der Waals surface area contributed by atoms with Gasteiger partial charge in [-0.1, -0.05) is 31.7 Å². The minimum Gasteiger partial charge on any atom is -0.455 e. The summed E-state index contributed by atoms with van der Waals surface area (Å²) in [7, 11) is 0. The molecule has 182 valence electrons. The van der Waals surface area contributed by atoms with E-state index in [0.717, 1.165) is 68.7 Å². The second kappa shape index (κ2) is 9.74. The molecular weight excluding hydrogens is 448 g/mol. The van der Waals surface area contributed by atoms with Crippen LogP contribution in [0.4, 0.5) is 5.82 Å². The lowest BCUT2D eigenvalue weighted by Gasteiger charge is -2.52. The van der Waals surface area contributed by atoms with Gasteiger partial charge in [0.2, 0.25) is 0 Å². The van der Waals surface area contributed by atoms with E-state index in [-0.39, 0.29) is 18.0 Å². The van der Waals surface area contributed by atoms with Crippen molar-refractivity contribution in [1.29, 1.82) is 0 Å². The van der Waals surface area contributed by atoms with Crippen LogP contribution in [0.3, 0.4) is 0 Å². The van der Waals surface area contributed by atoms with Crippen LogP contribution in [0.2, 0.25) is 0 Å². The largest absolute Gasteiger partial charge is 0.455 e. The highest BCUT2D eigenvalue weighted by atomic mass is 32.1. The van der Waals surface area contributed by atoms with Crippen molar-refractivity contribution in [2.45, 2.75) is 69.8 Å². The molecule has 34 heavy (non-hydrogen) atoms. The molecule has 3 saturated heterocycles. The molecule has 2 bridgehead atoms. The smallest absolute Gasteiger partial charge is 0.317 e. The first-order valence-corrected chi connectivity index (χ1v) is 13.5. The zero-order valence-corrected chi connectivity index (χ0v) is 20.8. The van der Waals surface area contributed by atoms with Crippen LogP contribution >= 0.6 is 11.3 Å². The third kappa shape index (κ3) is 4.75. The Bertz CT molecular complexity index is 992. The molecule has 6 rings (SSSR count). The number of carbonyl (C=O) groups is 2. The highest BCUT2D eigenvalue weighted by Crippen LogP contribution is 2.43. The maximum Gasteiger partial charge on any atom is 0.317 e. The normalized spacial score (nSPS) is 28.1. The Balaban J connectivity index is 1.27. The summed E-state index contributed by atoms with van der Waals surface area (Å²) in [6.45, 7) is 4.90. The van der Waals surface area contributed by atoms with Crippen molar-refractivity contribution < 1.29 is 18.8 Å². The van der Waals surface area contributed by atoms with E-state index < -0.39 is 5.41 Å². The van der Waals surface area contributed by atoms with Gasteiger partial charge in [-0.15, -0.1) is 11.3 Å². The average molecular weight is 484 g/mol. The third-order valence-corrected chi connectivity index (χ3v) is 9.24. The standard InChI is InChI=1S/C26H34N4O3S/c1-19-15-28-23(16-27-19)29-24(31)18-30-12-8-20(9-13-30)21(17-30)33-25(32)26(22-7-6-14-34-22)10-4-2-3-5-11-26/h6-7,14-16,20-21H,2-5,8-13,17-18H2,1H3/p+1. The van der Waals surface area contributed by atoms with E-state index in [0.29, 0.717) is 22.8 Å². The molecule has 2 aromatic heterocycles. The summed E-state index contributed by atoms with van der Waals surface area (Å²) in [5.74, 6) is 0.798. The van der Waals surface area contributed by atoms with Crippen molar-refractivity contribution in [1.82, 2.24) is 9.97 Å².